The Kier molecular flexibility index (Phi) is 8.30. The van der Waals surface area contributed by atoms with E-state index in [1.165, 1.54) is 52.2 Å². The first-order valence-electron chi connectivity index (χ1n) is 16.4. The number of ether oxygens (including phenoxy) is 3. The predicted octanol–water partition coefficient (Wildman–Crippen LogP) is 6.71. The second-order valence-corrected chi connectivity index (χ2v) is 13.5. The van der Waals surface area contributed by atoms with Gasteiger partial charge in [0.25, 0.3) is 0 Å². The molecule has 4 aliphatic carbocycles. The van der Waals surface area contributed by atoms with E-state index in [9.17, 15) is 4.79 Å². The number of carbonyl (C=O) groups is 1. The van der Waals surface area contributed by atoms with E-state index in [0.29, 0.717) is 33.0 Å². The molecule has 1 heterocycles. The van der Waals surface area contributed by atoms with Gasteiger partial charge in [0.1, 0.15) is 13.7 Å². The van der Waals surface area contributed by atoms with Crippen LogP contribution in [0, 0.1) is 23.2 Å². The van der Waals surface area contributed by atoms with Crippen LogP contribution in [0.2, 0.25) is 0 Å². The fourth-order valence-corrected chi connectivity index (χ4v) is 8.78. The number of hydrogen-bond donors (Lipinski definition) is 0. The Bertz CT molecular complexity index is 1540. The van der Waals surface area contributed by atoms with Crippen LogP contribution in [0.5, 0.6) is 0 Å². The van der Waals surface area contributed by atoms with Crippen molar-refractivity contribution >= 4 is 33.5 Å². The average Bonchev–Trinajstić information content (AvgIpc) is 3.03. The Morgan fingerprint density at radius 1 is 0.750 bits per heavy atom. The molecular formula is C38H45N2O4+. The summed E-state index contributed by atoms with van der Waals surface area (Å²) in [6, 6.07) is 26.1. The zero-order chi connectivity index (χ0) is 30.1. The average molecular weight is 594 g/mol. The van der Waals surface area contributed by atoms with Gasteiger partial charge in [-0.3, -0.25) is 4.79 Å². The molecule has 4 bridgehead atoms. The van der Waals surface area contributed by atoms with Crippen LogP contribution in [-0.4, -0.2) is 52.6 Å². The molecule has 0 saturated heterocycles. The minimum Gasteiger partial charge on any atom is -0.463 e. The maximum Gasteiger partial charge on any atom is 0.312 e. The third-order valence-corrected chi connectivity index (χ3v) is 10.5. The molecular weight excluding hydrogens is 548 g/mol. The first-order chi connectivity index (χ1) is 21.5. The predicted molar refractivity (Wildman–Crippen MR) is 175 cm³/mol. The second-order valence-electron chi connectivity index (χ2n) is 13.5. The van der Waals surface area contributed by atoms with Crippen molar-refractivity contribution in [1.29, 1.82) is 0 Å². The first kappa shape index (κ1) is 29.2. The Morgan fingerprint density at radius 3 is 1.86 bits per heavy atom. The summed E-state index contributed by atoms with van der Waals surface area (Å²) >= 11 is 0. The number of likely N-dealkylation sites (N-methyl/N-ethyl adjacent to an activating group) is 1. The standard InChI is InChI=1S/C38H45N2O4/c1-39(15-16-42-17-18-43-19-20-44-37(41)38-24-27-21-28(25-38)23-29(22-27)26-38)31-13-11-30(12-14-31)36-32-7-3-5-9-34(32)40(2)35-10-6-4-8-33(35)36/h3-14,27-29H,15-26H2,1-2H3/q+1. The Morgan fingerprint density at radius 2 is 1.27 bits per heavy atom. The van der Waals surface area contributed by atoms with Crippen LogP contribution in [0.15, 0.2) is 72.8 Å². The van der Waals surface area contributed by atoms with Gasteiger partial charge in [-0.25, -0.2) is 0 Å². The molecule has 230 valence electrons. The second kappa shape index (κ2) is 12.5. The van der Waals surface area contributed by atoms with Crippen molar-refractivity contribution in [1.82, 2.24) is 0 Å². The van der Waals surface area contributed by atoms with Crippen LogP contribution in [-0.2, 0) is 26.1 Å². The Labute approximate surface area is 260 Å². The van der Waals surface area contributed by atoms with E-state index < -0.39 is 0 Å². The number of carbonyl (C=O) groups excluding carboxylic acids is 1. The molecule has 4 saturated carbocycles. The number of pyridine rings is 1. The lowest BCUT2D eigenvalue weighted by Crippen LogP contribution is -2.50. The van der Waals surface area contributed by atoms with Gasteiger partial charge in [-0.2, -0.15) is 4.57 Å². The number of fused-ring (bicyclic) bond motifs is 2. The van der Waals surface area contributed by atoms with Crippen molar-refractivity contribution in [2.75, 3.05) is 51.5 Å². The third kappa shape index (κ3) is 5.70. The molecule has 0 radical (unpaired) electrons. The van der Waals surface area contributed by atoms with Crippen LogP contribution < -0.4 is 9.47 Å². The maximum atomic E-state index is 13.0. The van der Waals surface area contributed by atoms with Gasteiger partial charge >= 0.3 is 5.97 Å². The van der Waals surface area contributed by atoms with Crippen molar-refractivity contribution in [2.45, 2.75) is 38.5 Å². The maximum absolute atomic E-state index is 13.0. The summed E-state index contributed by atoms with van der Waals surface area (Å²) < 4.78 is 19.5. The molecule has 44 heavy (non-hydrogen) atoms. The van der Waals surface area contributed by atoms with Gasteiger partial charge in [0.15, 0.2) is 0 Å². The van der Waals surface area contributed by atoms with Crippen LogP contribution >= 0.6 is 0 Å². The van der Waals surface area contributed by atoms with E-state index in [4.69, 9.17) is 14.2 Å². The van der Waals surface area contributed by atoms with E-state index in [-0.39, 0.29) is 11.4 Å². The van der Waals surface area contributed by atoms with Crippen molar-refractivity contribution < 1.29 is 23.6 Å². The number of para-hydroxylation sites is 2. The van der Waals surface area contributed by atoms with Crippen molar-refractivity contribution in [3.8, 4) is 11.1 Å². The molecule has 0 aliphatic heterocycles. The molecule has 6 nitrogen and oxygen atoms in total. The molecule has 0 N–H and O–H groups in total. The summed E-state index contributed by atoms with van der Waals surface area (Å²) in [6.45, 7) is 3.21. The summed E-state index contributed by atoms with van der Waals surface area (Å²) in [4.78, 5) is 15.2. The lowest BCUT2D eigenvalue weighted by atomic mass is 9.49. The molecule has 8 rings (SSSR count). The van der Waals surface area contributed by atoms with Crippen LogP contribution in [0.4, 0.5) is 5.69 Å². The topological polar surface area (TPSA) is 51.9 Å². The SMILES string of the molecule is CN(CCOCCOCCOC(=O)C12CC3CC(CC(C3)C1)C2)c1ccc(-c2c3ccccc3[n+](C)c3ccccc23)cc1. The highest BCUT2D eigenvalue weighted by molar-refractivity contribution is 6.07. The number of nitrogens with zero attached hydrogens (tertiary/aromatic N) is 2. The van der Waals surface area contributed by atoms with E-state index in [1.54, 1.807) is 0 Å². The van der Waals surface area contributed by atoms with Gasteiger partial charge in [-0.15, -0.1) is 0 Å². The fraction of sp³-hybridized carbons (Fsp3) is 0.474. The minimum atomic E-state index is -0.188. The number of aromatic nitrogens is 1. The zero-order valence-corrected chi connectivity index (χ0v) is 26.2. The highest BCUT2D eigenvalue weighted by atomic mass is 16.6. The van der Waals surface area contributed by atoms with Crippen LogP contribution in [0.1, 0.15) is 38.5 Å². The number of rotatable bonds is 12. The van der Waals surface area contributed by atoms with E-state index in [0.717, 1.165) is 49.2 Å². The molecule has 0 amide bonds. The number of aryl methyl sites for hydroxylation is 1. The largest absolute Gasteiger partial charge is 0.463 e. The number of esters is 1. The summed E-state index contributed by atoms with van der Waals surface area (Å²) in [6.07, 6.45) is 7.14. The zero-order valence-electron chi connectivity index (χ0n) is 26.2. The monoisotopic (exact) mass is 593 g/mol. The summed E-state index contributed by atoms with van der Waals surface area (Å²) in [5, 5.41) is 2.51. The van der Waals surface area contributed by atoms with Crippen molar-refractivity contribution in [2.24, 2.45) is 30.2 Å². The summed E-state index contributed by atoms with van der Waals surface area (Å²) in [5.41, 5.74) is 5.91. The molecule has 0 unspecified atom stereocenters. The normalized spacial score (nSPS) is 23.8. The highest BCUT2D eigenvalue weighted by Gasteiger charge is 2.55. The molecule has 3 aromatic carbocycles. The molecule has 0 atom stereocenters. The van der Waals surface area contributed by atoms with Gasteiger partial charge in [0.2, 0.25) is 11.0 Å². The first-order valence-corrected chi connectivity index (χ1v) is 16.4. The smallest absolute Gasteiger partial charge is 0.312 e. The fourth-order valence-electron chi connectivity index (χ4n) is 8.78. The van der Waals surface area contributed by atoms with Gasteiger partial charge in [-0.1, -0.05) is 36.4 Å². The number of anilines is 1. The lowest BCUT2D eigenvalue weighted by Gasteiger charge is -2.55. The number of benzene rings is 3. The summed E-state index contributed by atoms with van der Waals surface area (Å²) in [7, 11) is 4.24. The molecule has 6 heteroatoms. The molecule has 4 aromatic rings. The highest BCUT2D eigenvalue weighted by Crippen LogP contribution is 2.60. The van der Waals surface area contributed by atoms with E-state index >= 15 is 0 Å². The Balaban J connectivity index is 0.849. The number of hydrogen-bond acceptors (Lipinski definition) is 5. The lowest BCUT2D eigenvalue weighted by molar-refractivity contribution is -0.617. The third-order valence-electron chi connectivity index (χ3n) is 10.5. The van der Waals surface area contributed by atoms with Gasteiger partial charge in [0, 0.05) is 37.0 Å². The molecule has 0 spiro atoms. The Hall–Kier alpha value is -3.48. The molecule has 4 fully saturated rings. The molecule has 1 aromatic heterocycles. The minimum absolute atomic E-state index is 0.0343. The van der Waals surface area contributed by atoms with Crippen LogP contribution in [0.3, 0.4) is 0 Å². The summed E-state index contributed by atoms with van der Waals surface area (Å²) in [5.74, 6) is 2.28. The van der Waals surface area contributed by atoms with Crippen molar-refractivity contribution in [3.63, 3.8) is 0 Å². The van der Waals surface area contributed by atoms with E-state index in [1.807, 2.05) is 0 Å². The van der Waals surface area contributed by atoms with E-state index in [2.05, 4.69) is 96.4 Å². The molecule has 4 aliphatic rings. The quantitative estimate of drug-likeness (QED) is 0.0791. The van der Waals surface area contributed by atoms with Gasteiger partial charge in [0.05, 0.1) is 42.6 Å². The van der Waals surface area contributed by atoms with Crippen molar-refractivity contribution in [3.05, 3.63) is 72.8 Å². The van der Waals surface area contributed by atoms with Crippen LogP contribution in [0.25, 0.3) is 32.9 Å². The van der Waals surface area contributed by atoms with Gasteiger partial charge < -0.3 is 19.1 Å². The van der Waals surface area contributed by atoms with Gasteiger partial charge in [-0.05, 0) is 86.1 Å².